The second-order valence-corrected chi connectivity index (χ2v) is 5.43. The lowest BCUT2D eigenvalue weighted by Gasteiger charge is -2.10. The van der Waals surface area contributed by atoms with Crippen LogP contribution in [0.5, 0.6) is 5.75 Å². The van der Waals surface area contributed by atoms with Gasteiger partial charge in [-0.2, -0.15) is 11.3 Å². The molecule has 4 nitrogen and oxygen atoms in total. The molecule has 2 aromatic rings. The Morgan fingerprint density at radius 2 is 2.05 bits per heavy atom. The summed E-state index contributed by atoms with van der Waals surface area (Å²) in [5.74, 6) is 1.26. The van der Waals surface area contributed by atoms with Crippen LogP contribution in [0, 0.1) is 0 Å². The van der Waals surface area contributed by atoms with E-state index < -0.39 is 0 Å². The van der Waals surface area contributed by atoms with E-state index in [0.29, 0.717) is 12.5 Å². The Morgan fingerprint density at radius 1 is 1.30 bits per heavy atom. The molecule has 0 bridgehead atoms. The molecule has 1 heterocycles. The van der Waals surface area contributed by atoms with Crippen LogP contribution in [-0.4, -0.2) is 12.1 Å². The van der Waals surface area contributed by atoms with Gasteiger partial charge in [-0.1, -0.05) is 0 Å². The van der Waals surface area contributed by atoms with E-state index in [1.807, 2.05) is 49.6 Å². The summed E-state index contributed by atoms with van der Waals surface area (Å²) >= 11 is 1.66. The molecule has 5 heteroatoms. The average molecular weight is 289 g/mol. The molecule has 0 saturated carbocycles. The van der Waals surface area contributed by atoms with Gasteiger partial charge in [0, 0.05) is 5.69 Å². The third-order valence-electron chi connectivity index (χ3n) is 2.51. The highest BCUT2D eigenvalue weighted by Crippen LogP contribution is 2.16. The normalized spacial score (nSPS) is 11.7. The van der Waals surface area contributed by atoms with Gasteiger partial charge in [-0.3, -0.25) is 0 Å². The van der Waals surface area contributed by atoms with Crippen LogP contribution in [0.1, 0.15) is 19.4 Å². The number of nitrogens with one attached hydrogen (secondary N) is 1. The lowest BCUT2D eigenvalue weighted by molar-refractivity contribution is 0.242. The Kier molecular flexibility index (Phi) is 5.01. The molecule has 0 aliphatic rings. The predicted molar refractivity (Wildman–Crippen MR) is 85.5 cm³/mol. The van der Waals surface area contributed by atoms with Gasteiger partial charge in [-0.05, 0) is 60.5 Å². The maximum absolute atomic E-state index is 5.85. The quantitative estimate of drug-likeness (QED) is 0.654. The first kappa shape index (κ1) is 14.4. The summed E-state index contributed by atoms with van der Waals surface area (Å²) < 4.78 is 5.58. The molecular weight excluding hydrogens is 270 g/mol. The highest BCUT2D eigenvalue weighted by atomic mass is 32.1. The highest BCUT2D eigenvalue weighted by Gasteiger charge is 1.99. The lowest BCUT2D eigenvalue weighted by Crippen LogP contribution is -2.22. The van der Waals surface area contributed by atoms with E-state index >= 15 is 0 Å². The molecule has 1 aromatic heterocycles. The molecule has 0 fully saturated rings. The van der Waals surface area contributed by atoms with E-state index in [1.54, 1.807) is 11.3 Å². The van der Waals surface area contributed by atoms with Gasteiger partial charge in [0.15, 0.2) is 5.96 Å². The van der Waals surface area contributed by atoms with Crippen LogP contribution in [0.15, 0.2) is 46.1 Å². The zero-order valence-corrected chi connectivity index (χ0v) is 12.5. The molecule has 0 aliphatic heterocycles. The number of benzene rings is 1. The van der Waals surface area contributed by atoms with Gasteiger partial charge < -0.3 is 15.8 Å². The summed E-state index contributed by atoms with van der Waals surface area (Å²) in [5.41, 5.74) is 7.92. The van der Waals surface area contributed by atoms with Gasteiger partial charge in [0.05, 0.1) is 12.6 Å². The van der Waals surface area contributed by atoms with Gasteiger partial charge in [0.2, 0.25) is 0 Å². The van der Waals surface area contributed by atoms with Crippen molar-refractivity contribution in [2.45, 2.75) is 26.5 Å². The molecule has 0 aliphatic carbocycles. The lowest BCUT2D eigenvalue weighted by atomic mass is 10.3. The van der Waals surface area contributed by atoms with Crippen LogP contribution < -0.4 is 15.8 Å². The van der Waals surface area contributed by atoms with Gasteiger partial charge in [0.1, 0.15) is 5.75 Å². The first-order valence-corrected chi connectivity index (χ1v) is 7.42. The Balaban J connectivity index is 1.90. The topological polar surface area (TPSA) is 59.6 Å². The van der Waals surface area contributed by atoms with E-state index in [2.05, 4.69) is 15.7 Å². The van der Waals surface area contributed by atoms with Gasteiger partial charge in [0.25, 0.3) is 0 Å². The van der Waals surface area contributed by atoms with E-state index in [0.717, 1.165) is 11.4 Å². The Labute approximate surface area is 123 Å². The largest absolute Gasteiger partial charge is 0.491 e. The van der Waals surface area contributed by atoms with Crippen molar-refractivity contribution in [2.75, 3.05) is 5.32 Å². The smallest absolute Gasteiger partial charge is 0.193 e. The first-order valence-electron chi connectivity index (χ1n) is 6.48. The minimum Gasteiger partial charge on any atom is -0.491 e. The van der Waals surface area contributed by atoms with E-state index in [9.17, 15) is 0 Å². The fourth-order valence-electron chi connectivity index (χ4n) is 1.64. The van der Waals surface area contributed by atoms with Crippen molar-refractivity contribution < 1.29 is 4.74 Å². The van der Waals surface area contributed by atoms with Crippen molar-refractivity contribution in [3.05, 3.63) is 46.7 Å². The number of thiophene rings is 1. The molecule has 2 rings (SSSR count). The predicted octanol–water partition coefficient (Wildman–Crippen LogP) is 3.46. The molecule has 0 radical (unpaired) electrons. The second kappa shape index (κ2) is 6.96. The summed E-state index contributed by atoms with van der Waals surface area (Å²) in [6, 6.07) is 9.71. The summed E-state index contributed by atoms with van der Waals surface area (Å²) in [4.78, 5) is 4.29. The molecule has 0 amide bonds. The number of hydrogen-bond acceptors (Lipinski definition) is 3. The number of hydrogen-bond donors (Lipinski definition) is 2. The average Bonchev–Trinajstić information content (AvgIpc) is 2.91. The summed E-state index contributed by atoms with van der Waals surface area (Å²) in [7, 11) is 0. The monoisotopic (exact) mass is 289 g/mol. The van der Waals surface area contributed by atoms with Crippen LogP contribution in [0.4, 0.5) is 5.69 Å². The van der Waals surface area contributed by atoms with Crippen molar-refractivity contribution in [2.24, 2.45) is 10.7 Å². The van der Waals surface area contributed by atoms with Crippen molar-refractivity contribution in [3.63, 3.8) is 0 Å². The SMILES string of the molecule is CC(C)Oc1ccc(NC(N)=NCc2ccsc2)cc1. The molecule has 106 valence electrons. The van der Waals surface area contributed by atoms with Crippen LogP contribution in [0.2, 0.25) is 0 Å². The van der Waals surface area contributed by atoms with Crippen molar-refractivity contribution in [3.8, 4) is 5.75 Å². The molecule has 1 aromatic carbocycles. The van der Waals surface area contributed by atoms with E-state index in [1.165, 1.54) is 5.56 Å². The number of ether oxygens (including phenoxy) is 1. The number of rotatable bonds is 5. The first-order chi connectivity index (χ1) is 9.63. The number of aliphatic imine (C=N–C) groups is 1. The van der Waals surface area contributed by atoms with Gasteiger partial charge >= 0.3 is 0 Å². The maximum Gasteiger partial charge on any atom is 0.193 e. The number of anilines is 1. The van der Waals surface area contributed by atoms with E-state index in [-0.39, 0.29) is 6.10 Å². The molecule has 20 heavy (non-hydrogen) atoms. The number of nitrogens with two attached hydrogens (primary N) is 1. The number of guanidine groups is 1. The Bertz CT molecular complexity index is 547. The highest BCUT2D eigenvalue weighted by molar-refractivity contribution is 7.07. The third kappa shape index (κ3) is 4.59. The van der Waals surface area contributed by atoms with Crippen LogP contribution >= 0.6 is 11.3 Å². The molecule has 0 atom stereocenters. The zero-order chi connectivity index (χ0) is 14.4. The zero-order valence-electron chi connectivity index (χ0n) is 11.7. The molecule has 0 unspecified atom stereocenters. The van der Waals surface area contributed by atoms with Gasteiger partial charge in [-0.25, -0.2) is 4.99 Å². The van der Waals surface area contributed by atoms with Crippen LogP contribution in [0.3, 0.4) is 0 Å². The molecule has 0 spiro atoms. The summed E-state index contributed by atoms with van der Waals surface area (Å²) in [6.07, 6.45) is 0.172. The minimum atomic E-state index is 0.172. The summed E-state index contributed by atoms with van der Waals surface area (Å²) in [6.45, 7) is 4.60. The second-order valence-electron chi connectivity index (χ2n) is 4.65. The Morgan fingerprint density at radius 3 is 2.65 bits per heavy atom. The van der Waals surface area contributed by atoms with Crippen LogP contribution in [0.25, 0.3) is 0 Å². The number of nitrogens with zero attached hydrogens (tertiary/aromatic N) is 1. The Hall–Kier alpha value is -2.01. The fraction of sp³-hybridized carbons (Fsp3) is 0.267. The minimum absolute atomic E-state index is 0.172. The standard InChI is InChI=1S/C15H19N3OS/c1-11(2)19-14-5-3-13(4-6-14)18-15(16)17-9-12-7-8-20-10-12/h3-8,10-11H,9H2,1-2H3,(H3,16,17,18). The molecule has 0 saturated heterocycles. The molecule has 3 N–H and O–H groups in total. The summed E-state index contributed by atoms with van der Waals surface area (Å²) in [5, 5.41) is 7.15. The van der Waals surface area contributed by atoms with Crippen molar-refractivity contribution in [1.29, 1.82) is 0 Å². The van der Waals surface area contributed by atoms with E-state index in [4.69, 9.17) is 10.5 Å². The third-order valence-corrected chi connectivity index (χ3v) is 3.24. The van der Waals surface area contributed by atoms with Crippen molar-refractivity contribution >= 4 is 23.0 Å². The van der Waals surface area contributed by atoms with Gasteiger partial charge in [-0.15, -0.1) is 0 Å². The molecular formula is C15H19N3OS. The fourth-order valence-corrected chi connectivity index (χ4v) is 2.30. The van der Waals surface area contributed by atoms with Crippen molar-refractivity contribution in [1.82, 2.24) is 0 Å². The maximum atomic E-state index is 5.85. The van der Waals surface area contributed by atoms with Crippen LogP contribution in [-0.2, 0) is 6.54 Å².